The molecule has 16 heavy (non-hydrogen) atoms. The molecule has 4 heteroatoms. The molecule has 2 rings (SSSR count). The van der Waals surface area contributed by atoms with Crippen LogP contribution in [0.4, 0.5) is 0 Å². The molecule has 1 saturated heterocycles. The second-order valence-electron chi connectivity index (χ2n) is 5.43. The Hall–Kier alpha value is -1.05. The van der Waals surface area contributed by atoms with Crippen LogP contribution < -0.4 is 0 Å². The Kier molecular flexibility index (Phi) is 2.30. The second-order valence-corrected chi connectivity index (χ2v) is 10.7. The third-order valence-corrected chi connectivity index (χ3v) is 6.64. The van der Waals surface area contributed by atoms with Crippen molar-refractivity contribution in [3.8, 4) is 6.07 Å². The maximum Gasteiger partial charge on any atom is 0.129 e. The SMILES string of the molecule is COC1=C[C@](C#N)([Si](C)(C)C)[C@]2(C=C1)CO2. The van der Waals surface area contributed by atoms with Gasteiger partial charge in [-0.05, 0) is 18.2 Å². The molecule has 2 atom stereocenters. The van der Waals surface area contributed by atoms with Crippen molar-refractivity contribution in [2.24, 2.45) is 0 Å². The minimum absolute atomic E-state index is 0.381. The summed E-state index contributed by atoms with van der Waals surface area (Å²) >= 11 is 0. The highest BCUT2D eigenvalue weighted by molar-refractivity contribution is 6.81. The summed E-state index contributed by atoms with van der Waals surface area (Å²) in [7, 11) is -0.0982. The molecule has 3 nitrogen and oxygen atoms in total. The van der Waals surface area contributed by atoms with E-state index in [-0.39, 0.29) is 5.60 Å². The van der Waals surface area contributed by atoms with Gasteiger partial charge >= 0.3 is 0 Å². The van der Waals surface area contributed by atoms with Crippen LogP contribution in [-0.4, -0.2) is 27.4 Å². The minimum Gasteiger partial charge on any atom is -0.497 e. The van der Waals surface area contributed by atoms with Gasteiger partial charge < -0.3 is 9.47 Å². The highest BCUT2D eigenvalue weighted by Crippen LogP contribution is 2.60. The Morgan fingerprint density at radius 1 is 1.50 bits per heavy atom. The highest BCUT2D eigenvalue weighted by Gasteiger charge is 2.66. The first-order valence-corrected chi connectivity index (χ1v) is 8.92. The molecule has 2 aliphatic rings. The van der Waals surface area contributed by atoms with Crippen molar-refractivity contribution < 1.29 is 9.47 Å². The molecule has 86 valence electrons. The predicted molar refractivity (Wildman–Crippen MR) is 64.6 cm³/mol. The van der Waals surface area contributed by atoms with Crippen LogP contribution in [0.3, 0.4) is 0 Å². The maximum absolute atomic E-state index is 9.64. The molecule has 1 spiro atoms. The van der Waals surface area contributed by atoms with Crippen LogP contribution in [0.25, 0.3) is 0 Å². The lowest BCUT2D eigenvalue weighted by atomic mass is 9.88. The van der Waals surface area contributed by atoms with E-state index in [4.69, 9.17) is 9.47 Å². The Bertz CT molecular complexity index is 410. The zero-order valence-corrected chi connectivity index (χ0v) is 11.2. The third-order valence-electron chi connectivity index (χ3n) is 3.59. The average molecular weight is 235 g/mol. The number of allylic oxidation sites excluding steroid dienone is 1. The van der Waals surface area contributed by atoms with Crippen molar-refractivity contribution in [1.82, 2.24) is 0 Å². The van der Waals surface area contributed by atoms with Gasteiger partial charge in [-0.1, -0.05) is 19.6 Å². The van der Waals surface area contributed by atoms with Gasteiger partial charge in [-0.2, -0.15) is 5.26 Å². The molecule has 1 aliphatic carbocycles. The van der Waals surface area contributed by atoms with Crippen molar-refractivity contribution in [3.63, 3.8) is 0 Å². The summed E-state index contributed by atoms with van der Waals surface area (Å²) in [4.78, 5) is 0. The first kappa shape index (κ1) is 11.4. The van der Waals surface area contributed by atoms with Gasteiger partial charge in [0.2, 0.25) is 0 Å². The topological polar surface area (TPSA) is 45.5 Å². The van der Waals surface area contributed by atoms with E-state index in [9.17, 15) is 5.26 Å². The summed E-state index contributed by atoms with van der Waals surface area (Å²) in [5, 5.41) is 9.12. The van der Waals surface area contributed by atoms with E-state index in [0.29, 0.717) is 6.61 Å². The lowest BCUT2D eigenvalue weighted by Gasteiger charge is -2.40. The number of hydrogen-bond acceptors (Lipinski definition) is 3. The molecule has 0 aromatic heterocycles. The number of epoxide rings is 1. The van der Waals surface area contributed by atoms with Gasteiger partial charge in [0.1, 0.15) is 16.4 Å². The van der Waals surface area contributed by atoms with Gasteiger partial charge in [-0.15, -0.1) is 0 Å². The average Bonchev–Trinajstić information content (AvgIpc) is 2.98. The van der Waals surface area contributed by atoms with Crippen LogP contribution in [0.15, 0.2) is 24.0 Å². The van der Waals surface area contributed by atoms with Crippen molar-refractivity contribution in [3.05, 3.63) is 24.0 Å². The molecule has 1 heterocycles. The van der Waals surface area contributed by atoms with Crippen molar-refractivity contribution >= 4 is 8.07 Å². The van der Waals surface area contributed by atoms with Gasteiger partial charge in [0.05, 0.1) is 27.9 Å². The van der Waals surface area contributed by atoms with Gasteiger partial charge in [0.25, 0.3) is 0 Å². The van der Waals surface area contributed by atoms with Crippen LogP contribution in [0.1, 0.15) is 0 Å². The zero-order valence-electron chi connectivity index (χ0n) is 10.2. The molecule has 0 saturated carbocycles. The summed E-state index contributed by atoms with van der Waals surface area (Å²) in [6.45, 7) is 7.24. The molecule has 0 aromatic carbocycles. The van der Waals surface area contributed by atoms with E-state index in [1.165, 1.54) is 0 Å². The molecule has 0 N–H and O–H groups in total. The van der Waals surface area contributed by atoms with E-state index in [1.807, 2.05) is 18.2 Å². The largest absolute Gasteiger partial charge is 0.497 e. The zero-order chi connectivity index (χ0) is 12.0. The normalized spacial score (nSPS) is 36.8. The Balaban J connectivity index is 2.55. The lowest BCUT2D eigenvalue weighted by molar-refractivity contribution is 0.281. The molecular weight excluding hydrogens is 218 g/mol. The fraction of sp³-hybridized carbons (Fsp3) is 0.583. The molecule has 0 amide bonds. The monoisotopic (exact) mass is 235 g/mol. The number of nitriles is 1. The lowest BCUT2D eigenvalue weighted by Crippen LogP contribution is -2.48. The highest BCUT2D eigenvalue weighted by atomic mass is 28.3. The maximum atomic E-state index is 9.64. The van der Waals surface area contributed by atoms with Gasteiger partial charge in [0.15, 0.2) is 0 Å². The predicted octanol–water partition coefficient (Wildman–Crippen LogP) is 2.46. The van der Waals surface area contributed by atoms with E-state index in [2.05, 4.69) is 25.7 Å². The van der Waals surface area contributed by atoms with Crippen LogP contribution in [-0.2, 0) is 9.47 Å². The van der Waals surface area contributed by atoms with E-state index >= 15 is 0 Å². The van der Waals surface area contributed by atoms with Crippen molar-refractivity contribution in [2.45, 2.75) is 30.3 Å². The van der Waals surface area contributed by atoms with Crippen LogP contribution in [0, 0.1) is 11.3 Å². The van der Waals surface area contributed by atoms with Crippen LogP contribution in [0.5, 0.6) is 0 Å². The molecule has 1 fully saturated rings. The number of nitrogens with zero attached hydrogens (tertiary/aromatic N) is 1. The summed E-state index contributed by atoms with van der Waals surface area (Å²) in [5.41, 5.74) is -0.381. The summed E-state index contributed by atoms with van der Waals surface area (Å²) in [6, 6.07) is 2.50. The summed E-state index contributed by atoms with van der Waals surface area (Å²) in [6.07, 6.45) is 5.86. The molecule has 1 aliphatic heterocycles. The van der Waals surface area contributed by atoms with Crippen molar-refractivity contribution in [1.29, 1.82) is 5.26 Å². The van der Waals surface area contributed by atoms with Gasteiger partial charge in [0, 0.05) is 0 Å². The Labute approximate surface area is 97.4 Å². The fourth-order valence-corrected chi connectivity index (χ4v) is 4.81. The second kappa shape index (κ2) is 3.22. The standard InChI is InChI=1S/C12H17NO2Si/c1-14-10-5-6-11(9-15-11)12(7-10,8-13)16(2,3)4/h5-7H,9H2,1-4H3/t11-,12+/m0/s1. The van der Waals surface area contributed by atoms with E-state index in [1.54, 1.807) is 7.11 Å². The number of ether oxygens (including phenoxy) is 2. The minimum atomic E-state index is -1.73. The fourth-order valence-electron chi connectivity index (χ4n) is 2.41. The number of rotatable bonds is 2. The first-order chi connectivity index (χ1) is 7.41. The van der Waals surface area contributed by atoms with Crippen molar-refractivity contribution in [2.75, 3.05) is 13.7 Å². The number of hydrogen-bond donors (Lipinski definition) is 0. The molecule has 0 bridgehead atoms. The van der Waals surface area contributed by atoms with Crippen LogP contribution in [0.2, 0.25) is 24.7 Å². The van der Waals surface area contributed by atoms with Crippen LogP contribution >= 0.6 is 0 Å². The van der Waals surface area contributed by atoms with E-state index in [0.717, 1.165) is 5.76 Å². The Morgan fingerprint density at radius 3 is 2.50 bits per heavy atom. The summed E-state index contributed by atoms with van der Waals surface area (Å²) in [5.74, 6) is 0.769. The number of methoxy groups -OCH3 is 1. The first-order valence-electron chi connectivity index (χ1n) is 5.42. The van der Waals surface area contributed by atoms with E-state index < -0.39 is 13.1 Å². The quantitative estimate of drug-likeness (QED) is 0.545. The molecular formula is C12H17NO2Si. The van der Waals surface area contributed by atoms with Gasteiger partial charge in [-0.25, -0.2) is 0 Å². The molecule has 0 unspecified atom stereocenters. The summed E-state index contributed by atoms with van der Waals surface area (Å²) < 4.78 is 10.8. The smallest absolute Gasteiger partial charge is 0.129 e. The molecule has 0 radical (unpaired) electrons. The molecule has 0 aromatic rings. The Morgan fingerprint density at radius 2 is 2.12 bits per heavy atom. The third kappa shape index (κ3) is 1.28. The van der Waals surface area contributed by atoms with Gasteiger partial charge in [-0.3, -0.25) is 0 Å².